The molecule has 7 nitrogen and oxygen atoms in total. The smallest absolute Gasteiger partial charge is 0.219 e. The molecule has 1 heterocycles. The number of morpholine rings is 1. The molecule has 1 N–H and O–H groups in total. The van der Waals surface area contributed by atoms with E-state index in [-0.39, 0.29) is 30.2 Å². The van der Waals surface area contributed by atoms with Crippen molar-refractivity contribution in [3.63, 3.8) is 0 Å². The molecule has 1 fully saturated rings. The summed E-state index contributed by atoms with van der Waals surface area (Å²) in [7, 11) is -3.93. The van der Waals surface area contributed by atoms with Gasteiger partial charge in [-0.2, -0.15) is 0 Å². The molecule has 0 aromatic heterocycles. The molecule has 1 atom stereocenters. The van der Waals surface area contributed by atoms with Gasteiger partial charge in [0.05, 0.1) is 30.6 Å². The summed E-state index contributed by atoms with van der Waals surface area (Å²) in [5, 5.41) is 0. The molecule has 0 spiro atoms. The summed E-state index contributed by atoms with van der Waals surface area (Å²) < 4.78 is 60.6. The number of aryl methyl sites for hydroxylation is 1. The van der Waals surface area contributed by atoms with Crippen LogP contribution in [0.15, 0.2) is 36.4 Å². The third-order valence-electron chi connectivity index (χ3n) is 5.15. The van der Waals surface area contributed by atoms with E-state index in [4.69, 9.17) is 4.74 Å². The summed E-state index contributed by atoms with van der Waals surface area (Å²) in [6.07, 6.45) is -0.726. The Morgan fingerprint density at radius 2 is 1.94 bits per heavy atom. The molecule has 10 heteroatoms. The summed E-state index contributed by atoms with van der Waals surface area (Å²) in [4.78, 5) is 25.6. The molecule has 1 saturated heterocycles. The van der Waals surface area contributed by atoms with Gasteiger partial charge in [0.25, 0.3) is 0 Å². The second-order valence-electron chi connectivity index (χ2n) is 7.65. The monoisotopic (exact) mass is 466 g/mol. The minimum absolute atomic E-state index is 0.133. The number of sulfonamides is 1. The van der Waals surface area contributed by atoms with Gasteiger partial charge in [0.2, 0.25) is 15.9 Å². The number of carbonyl (C=O) groups excluding carboxylic acids is 2. The Bertz CT molecular complexity index is 1140. The van der Waals surface area contributed by atoms with E-state index >= 15 is 0 Å². The predicted molar refractivity (Wildman–Crippen MR) is 115 cm³/mol. The fourth-order valence-corrected chi connectivity index (χ4v) is 4.65. The van der Waals surface area contributed by atoms with E-state index in [9.17, 15) is 26.8 Å². The molecular formula is C22H24F2N2O5S. The Kier molecular flexibility index (Phi) is 7.37. The van der Waals surface area contributed by atoms with Crippen molar-refractivity contribution < 1.29 is 31.5 Å². The van der Waals surface area contributed by atoms with Crippen molar-refractivity contribution in [2.75, 3.05) is 32.0 Å². The molecule has 0 radical (unpaired) electrons. The van der Waals surface area contributed by atoms with Crippen molar-refractivity contribution in [2.45, 2.75) is 20.0 Å². The van der Waals surface area contributed by atoms with Crippen molar-refractivity contribution in [2.24, 2.45) is 0 Å². The highest BCUT2D eigenvalue weighted by atomic mass is 32.2. The molecule has 0 bridgehead atoms. The topological polar surface area (TPSA) is 92.8 Å². The summed E-state index contributed by atoms with van der Waals surface area (Å²) in [5.41, 5.74) is 0.795. The van der Waals surface area contributed by atoms with Crippen LogP contribution >= 0.6 is 0 Å². The number of halogens is 2. The van der Waals surface area contributed by atoms with Crippen LogP contribution in [-0.4, -0.2) is 63.1 Å². The quantitative estimate of drug-likeness (QED) is 0.632. The number of benzene rings is 2. The van der Waals surface area contributed by atoms with E-state index < -0.39 is 45.8 Å². The second-order valence-corrected chi connectivity index (χ2v) is 9.50. The number of hydrogen-bond donors (Lipinski definition) is 1. The van der Waals surface area contributed by atoms with Crippen LogP contribution in [0.2, 0.25) is 0 Å². The van der Waals surface area contributed by atoms with Gasteiger partial charge in [-0.25, -0.2) is 21.9 Å². The van der Waals surface area contributed by atoms with Crippen LogP contribution in [0.5, 0.6) is 0 Å². The largest absolute Gasteiger partial charge is 0.373 e. The van der Waals surface area contributed by atoms with Crippen LogP contribution in [0.1, 0.15) is 22.8 Å². The van der Waals surface area contributed by atoms with Gasteiger partial charge in [-0.3, -0.25) is 9.59 Å². The van der Waals surface area contributed by atoms with Crippen LogP contribution in [0.4, 0.5) is 8.78 Å². The van der Waals surface area contributed by atoms with Gasteiger partial charge in [-0.15, -0.1) is 0 Å². The maximum atomic E-state index is 14.6. The molecule has 2 aromatic carbocycles. The maximum absolute atomic E-state index is 14.6. The van der Waals surface area contributed by atoms with E-state index in [1.54, 1.807) is 6.07 Å². The highest BCUT2D eigenvalue weighted by Crippen LogP contribution is 2.25. The average Bonchev–Trinajstić information content (AvgIpc) is 2.73. The van der Waals surface area contributed by atoms with Crippen molar-refractivity contribution in [1.82, 2.24) is 9.62 Å². The molecule has 0 aliphatic carbocycles. The summed E-state index contributed by atoms with van der Waals surface area (Å²) >= 11 is 0. The molecular weight excluding hydrogens is 442 g/mol. The molecule has 0 saturated carbocycles. The Balaban J connectivity index is 1.71. The lowest BCUT2D eigenvalue weighted by atomic mass is 9.97. The van der Waals surface area contributed by atoms with E-state index in [0.29, 0.717) is 17.7 Å². The van der Waals surface area contributed by atoms with Gasteiger partial charge in [0.15, 0.2) is 5.78 Å². The first kappa shape index (κ1) is 24.0. The zero-order valence-electron chi connectivity index (χ0n) is 17.7. The first-order valence-corrected chi connectivity index (χ1v) is 11.6. The lowest BCUT2D eigenvalue weighted by molar-refractivity contribution is -0.135. The third kappa shape index (κ3) is 5.96. The van der Waals surface area contributed by atoms with E-state index in [1.165, 1.54) is 49.1 Å². The Morgan fingerprint density at radius 1 is 1.19 bits per heavy atom. The minimum Gasteiger partial charge on any atom is -0.373 e. The number of ketones is 1. The van der Waals surface area contributed by atoms with Crippen molar-refractivity contribution >= 4 is 21.7 Å². The zero-order valence-corrected chi connectivity index (χ0v) is 18.5. The second kappa shape index (κ2) is 9.85. The zero-order chi connectivity index (χ0) is 23.5. The maximum Gasteiger partial charge on any atom is 0.219 e. The first-order chi connectivity index (χ1) is 15.1. The van der Waals surface area contributed by atoms with Crippen LogP contribution in [0.3, 0.4) is 0 Å². The molecule has 1 amide bonds. The standard InChI is InChI=1S/C22H24F2N2O5S/c1-14-8-17(16-4-3-5-18(23)9-16)10-20(22(14)24)21(28)11-25-32(29,30)13-19-12-26(15(2)27)6-7-31-19/h3-5,8-10,19,25H,6-7,11-13H2,1-2H3. The molecule has 1 aliphatic heterocycles. The third-order valence-corrected chi connectivity index (χ3v) is 6.55. The molecule has 172 valence electrons. The lowest BCUT2D eigenvalue weighted by Crippen LogP contribution is -2.48. The number of carbonyl (C=O) groups is 2. The number of ether oxygens (including phenoxy) is 1. The van der Waals surface area contributed by atoms with Crippen LogP contribution in [0.25, 0.3) is 11.1 Å². The normalized spacial score (nSPS) is 16.8. The summed E-state index contributed by atoms with van der Waals surface area (Å²) in [5.74, 6) is -2.61. The lowest BCUT2D eigenvalue weighted by Gasteiger charge is -2.32. The van der Waals surface area contributed by atoms with Gasteiger partial charge >= 0.3 is 0 Å². The predicted octanol–water partition coefficient (Wildman–Crippen LogP) is 2.29. The molecule has 3 rings (SSSR count). The van der Waals surface area contributed by atoms with Crippen LogP contribution in [0, 0.1) is 18.6 Å². The van der Waals surface area contributed by atoms with Crippen LogP contribution in [-0.2, 0) is 19.6 Å². The Labute approximate surface area is 185 Å². The van der Waals surface area contributed by atoms with E-state index in [2.05, 4.69) is 4.72 Å². The molecule has 32 heavy (non-hydrogen) atoms. The molecule has 2 aromatic rings. The van der Waals surface area contributed by atoms with Crippen molar-refractivity contribution in [3.05, 3.63) is 59.2 Å². The number of nitrogens with zero attached hydrogens (tertiary/aromatic N) is 1. The highest BCUT2D eigenvalue weighted by Gasteiger charge is 2.27. The number of hydrogen-bond acceptors (Lipinski definition) is 5. The van der Waals surface area contributed by atoms with Gasteiger partial charge in [0.1, 0.15) is 11.6 Å². The number of Topliss-reactive ketones (excluding diaryl/α,β-unsaturated/α-hetero) is 1. The van der Waals surface area contributed by atoms with Gasteiger partial charge in [-0.05, 0) is 47.9 Å². The number of nitrogens with one attached hydrogen (secondary N) is 1. The van der Waals surface area contributed by atoms with Crippen molar-refractivity contribution in [3.8, 4) is 11.1 Å². The van der Waals surface area contributed by atoms with E-state index in [0.717, 1.165) is 0 Å². The van der Waals surface area contributed by atoms with E-state index in [1.807, 2.05) is 0 Å². The first-order valence-electron chi connectivity index (χ1n) is 9.99. The Morgan fingerprint density at radius 3 is 2.62 bits per heavy atom. The fraction of sp³-hybridized carbons (Fsp3) is 0.364. The van der Waals surface area contributed by atoms with Gasteiger partial charge < -0.3 is 9.64 Å². The van der Waals surface area contributed by atoms with Gasteiger partial charge in [-0.1, -0.05) is 12.1 Å². The van der Waals surface area contributed by atoms with Gasteiger partial charge in [0, 0.05) is 20.0 Å². The van der Waals surface area contributed by atoms with Crippen LogP contribution < -0.4 is 4.72 Å². The SMILES string of the molecule is CC(=O)N1CCOC(CS(=O)(=O)NCC(=O)c2cc(-c3cccc(F)c3)cc(C)c2F)C1. The fourth-order valence-electron chi connectivity index (χ4n) is 3.49. The minimum atomic E-state index is -3.93. The number of rotatable bonds is 7. The highest BCUT2D eigenvalue weighted by molar-refractivity contribution is 7.89. The average molecular weight is 467 g/mol. The summed E-state index contributed by atoms with van der Waals surface area (Å²) in [6.45, 7) is 2.96. The Hall–Kier alpha value is -2.69. The summed E-state index contributed by atoms with van der Waals surface area (Å²) in [6, 6.07) is 8.43. The van der Waals surface area contributed by atoms with Crippen molar-refractivity contribution in [1.29, 1.82) is 0 Å². The molecule has 1 aliphatic rings. The number of amides is 1. The molecule has 1 unspecified atom stereocenters.